The molecule has 1 fully saturated rings. The highest BCUT2D eigenvalue weighted by molar-refractivity contribution is 5.83. The second-order valence-corrected chi connectivity index (χ2v) is 3.75. The molecule has 1 atom stereocenters. The van der Waals surface area contributed by atoms with Crippen molar-refractivity contribution in [2.75, 3.05) is 7.05 Å². The molecule has 1 aliphatic carbocycles. The molecule has 0 saturated heterocycles. The average molecular weight is 169 g/mol. The van der Waals surface area contributed by atoms with Gasteiger partial charge in [0, 0.05) is 12.5 Å². The first-order valence-electron chi connectivity index (χ1n) is 4.91. The van der Waals surface area contributed by atoms with E-state index in [2.05, 4.69) is 11.9 Å². The molecule has 0 radical (unpaired) electrons. The molecule has 0 amide bonds. The Bertz CT molecular complexity index is 163. The Hall–Kier alpha value is -0.370. The van der Waals surface area contributed by atoms with Crippen molar-refractivity contribution in [1.29, 1.82) is 0 Å². The quantitative estimate of drug-likeness (QED) is 0.640. The van der Waals surface area contributed by atoms with Gasteiger partial charge in [0.25, 0.3) is 0 Å². The third-order valence-corrected chi connectivity index (χ3v) is 3.08. The van der Waals surface area contributed by atoms with Crippen LogP contribution in [0.25, 0.3) is 0 Å². The minimum atomic E-state index is 0.125. The van der Waals surface area contributed by atoms with E-state index >= 15 is 0 Å². The first-order chi connectivity index (χ1) is 5.66. The minimum absolute atomic E-state index is 0.125. The van der Waals surface area contributed by atoms with Crippen LogP contribution in [-0.4, -0.2) is 29.8 Å². The molecule has 2 nitrogen and oxygen atoms in total. The summed E-state index contributed by atoms with van der Waals surface area (Å²) in [5, 5.41) is 0. The van der Waals surface area contributed by atoms with Gasteiger partial charge in [-0.2, -0.15) is 0 Å². The summed E-state index contributed by atoms with van der Waals surface area (Å²) in [5.41, 5.74) is 0. The number of rotatable bonds is 4. The molecule has 70 valence electrons. The van der Waals surface area contributed by atoms with Crippen molar-refractivity contribution >= 4 is 5.78 Å². The van der Waals surface area contributed by atoms with Gasteiger partial charge >= 0.3 is 0 Å². The fourth-order valence-electron chi connectivity index (χ4n) is 1.63. The zero-order valence-electron chi connectivity index (χ0n) is 8.34. The summed E-state index contributed by atoms with van der Waals surface area (Å²) in [6.45, 7) is 3.96. The van der Waals surface area contributed by atoms with Crippen LogP contribution >= 0.6 is 0 Å². The maximum absolute atomic E-state index is 11.4. The highest BCUT2D eigenvalue weighted by atomic mass is 16.1. The average Bonchev–Trinajstić information content (AvgIpc) is 1.98. The summed E-state index contributed by atoms with van der Waals surface area (Å²) < 4.78 is 0. The lowest BCUT2D eigenvalue weighted by atomic mass is 9.90. The molecular formula is C10H19NO. The van der Waals surface area contributed by atoms with Gasteiger partial charge in [-0.15, -0.1) is 0 Å². The van der Waals surface area contributed by atoms with E-state index < -0.39 is 0 Å². The van der Waals surface area contributed by atoms with Crippen LogP contribution in [0.3, 0.4) is 0 Å². The molecule has 12 heavy (non-hydrogen) atoms. The molecule has 2 heteroatoms. The molecule has 1 saturated carbocycles. The van der Waals surface area contributed by atoms with Crippen LogP contribution < -0.4 is 0 Å². The van der Waals surface area contributed by atoms with Gasteiger partial charge in [-0.05, 0) is 26.8 Å². The number of carbonyl (C=O) groups excluding carboxylic acids is 1. The maximum atomic E-state index is 11.4. The van der Waals surface area contributed by atoms with Gasteiger partial charge in [-0.1, -0.05) is 13.3 Å². The fraction of sp³-hybridized carbons (Fsp3) is 0.900. The van der Waals surface area contributed by atoms with Gasteiger partial charge in [-0.3, -0.25) is 9.69 Å². The van der Waals surface area contributed by atoms with Crippen molar-refractivity contribution in [1.82, 2.24) is 4.90 Å². The van der Waals surface area contributed by atoms with E-state index in [0.717, 1.165) is 0 Å². The van der Waals surface area contributed by atoms with E-state index in [9.17, 15) is 4.79 Å². The largest absolute Gasteiger partial charge is 0.298 e. The lowest BCUT2D eigenvalue weighted by Crippen LogP contribution is -2.45. The van der Waals surface area contributed by atoms with Gasteiger partial charge in [-0.25, -0.2) is 0 Å². The monoisotopic (exact) mass is 169 g/mol. The summed E-state index contributed by atoms with van der Waals surface area (Å²) in [6.07, 6.45) is 4.55. The Kier molecular flexibility index (Phi) is 3.27. The summed E-state index contributed by atoms with van der Waals surface area (Å²) in [7, 11) is 2.07. The van der Waals surface area contributed by atoms with E-state index in [1.165, 1.54) is 19.3 Å². The lowest BCUT2D eigenvalue weighted by Gasteiger charge is -2.37. The highest BCUT2D eigenvalue weighted by Gasteiger charge is 2.27. The van der Waals surface area contributed by atoms with Gasteiger partial charge < -0.3 is 0 Å². The first kappa shape index (κ1) is 9.72. The van der Waals surface area contributed by atoms with Crippen molar-refractivity contribution in [2.24, 2.45) is 0 Å². The number of carbonyl (C=O) groups is 1. The van der Waals surface area contributed by atoms with E-state index in [1.54, 1.807) is 0 Å². The number of hydrogen-bond acceptors (Lipinski definition) is 2. The number of Topliss-reactive ketones (excluding diaryl/α,β-unsaturated/α-hetero) is 1. The van der Waals surface area contributed by atoms with Crippen molar-refractivity contribution in [2.45, 2.75) is 51.6 Å². The minimum Gasteiger partial charge on any atom is -0.298 e. The van der Waals surface area contributed by atoms with Crippen LogP contribution in [0.5, 0.6) is 0 Å². The standard InChI is InChI=1S/C10H19NO/c1-4-10(12)8(2)11(3)9-6-5-7-9/h8-9H,4-7H2,1-3H3. The topological polar surface area (TPSA) is 20.3 Å². The lowest BCUT2D eigenvalue weighted by molar-refractivity contribution is -0.124. The third kappa shape index (κ3) is 1.86. The number of nitrogens with zero attached hydrogens (tertiary/aromatic N) is 1. The zero-order chi connectivity index (χ0) is 9.14. The molecule has 0 aromatic heterocycles. The molecule has 0 aromatic carbocycles. The van der Waals surface area contributed by atoms with Gasteiger partial charge in [0.1, 0.15) is 5.78 Å². The summed E-state index contributed by atoms with van der Waals surface area (Å²) in [4.78, 5) is 13.6. The number of ketones is 1. The predicted molar refractivity (Wildman–Crippen MR) is 50.2 cm³/mol. The molecule has 1 unspecified atom stereocenters. The Morgan fingerprint density at radius 3 is 2.50 bits per heavy atom. The molecule has 0 aliphatic heterocycles. The predicted octanol–water partition coefficient (Wildman–Crippen LogP) is 1.84. The maximum Gasteiger partial charge on any atom is 0.149 e. The second kappa shape index (κ2) is 4.04. The first-order valence-corrected chi connectivity index (χ1v) is 4.91. The SMILES string of the molecule is CCC(=O)C(C)N(C)C1CCC1. The smallest absolute Gasteiger partial charge is 0.149 e. The van der Waals surface area contributed by atoms with Crippen LogP contribution in [0.2, 0.25) is 0 Å². The molecule has 1 rings (SSSR count). The molecule has 0 bridgehead atoms. The van der Waals surface area contributed by atoms with Gasteiger partial charge in [0.05, 0.1) is 6.04 Å². The van der Waals surface area contributed by atoms with Crippen LogP contribution in [0, 0.1) is 0 Å². The summed E-state index contributed by atoms with van der Waals surface area (Å²) in [5.74, 6) is 0.365. The Balaban J connectivity index is 2.39. The number of likely N-dealkylation sites (N-methyl/N-ethyl adjacent to an activating group) is 1. The highest BCUT2D eigenvalue weighted by Crippen LogP contribution is 2.25. The van der Waals surface area contributed by atoms with Gasteiger partial charge in [0.2, 0.25) is 0 Å². The molecular weight excluding hydrogens is 150 g/mol. The zero-order valence-corrected chi connectivity index (χ0v) is 8.34. The number of hydrogen-bond donors (Lipinski definition) is 0. The van der Waals surface area contributed by atoms with Crippen LogP contribution in [0.15, 0.2) is 0 Å². The molecule has 0 heterocycles. The Morgan fingerprint density at radius 1 is 1.58 bits per heavy atom. The van der Waals surface area contributed by atoms with E-state index in [4.69, 9.17) is 0 Å². The van der Waals surface area contributed by atoms with Crippen molar-refractivity contribution in [3.63, 3.8) is 0 Å². The second-order valence-electron chi connectivity index (χ2n) is 3.75. The molecule has 1 aliphatic rings. The molecule has 0 spiro atoms. The third-order valence-electron chi connectivity index (χ3n) is 3.08. The van der Waals surface area contributed by atoms with Crippen LogP contribution in [-0.2, 0) is 4.79 Å². The van der Waals surface area contributed by atoms with E-state index in [-0.39, 0.29) is 6.04 Å². The van der Waals surface area contributed by atoms with Gasteiger partial charge in [0.15, 0.2) is 0 Å². The summed E-state index contributed by atoms with van der Waals surface area (Å²) >= 11 is 0. The fourth-order valence-corrected chi connectivity index (χ4v) is 1.63. The normalized spacial score (nSPS) is 20.7. The van der Waals surface area contributed by atoms with Crippen LogP contribution in [0.1, 0.15) is 39.5 Å². The van der Waals surface area contributed by atoms with E-state index in [1.807, 2.05) is 13.8 Å². The molecule has 0 aromatic rings. The Morgan fingerprint density at radius 2 is 2.17 bits per heavy atom. The van der Waals surface area contributed by atoms with E-state index in [0.29, 0.717) is 18.2 Å². The van der Waals surface area contributed by atoms with Crippen molar-refractivity contribution in [3.8, 4) is 0 Å². The van der Waals surface area contributed by atoms with Crippen molar-refractivity contribution in [3.05, 3.63) is 0 Å². The Labute approximate surface area is 74.9 Å². The van der Waals surface area contributed by atoms with Crippen LogP contribution in [0.4, 0.5) is 0 Å². The van der Waals surface area contributed by atoms with Crippen molar-refractivity contribution < 1.29 is 4.79 Å². The molecule has 0 N–H and O–H groups in total. The summed E-state index contributed by atoms with van der Waals surface area (Å²) in [6, 6.07) is 0.802.